The maximum Gasteiger partial charge on any atom is 0.325 e. The van der Waals surface area contributed by atoms with E-state index in [4.69, 9.17) is 9.47 Å². The zero-order valence-corrected chi connectivity index (χ0v) is 16.9. The van der Waals surface area contributed by atoms with Crippen molar-refractivity contribution in [1.82, 2.24) is 4.90 Å². The fourth-order valence-electron chi connectivity index (χ4n) is 2.20. The molecule has 1 aliphatic rings. The number of thioether (sulfide) groups is 1. The number of hydrogen-bond donors (Lipinski definition) is 0. The lowest BCUT2D eigenvalue weighted by atomic mass is 10.2. The van der Waals surface area contributed by atoms with Gasteiger partial charge in [0.2, 0.25) is 0 Å². The first-order valence-corrected chi connectivity index (χ1v) is 9.43. The molecule has 2 rings (SSSR count). The van der Waals surface area contributed by atoms with E-state index in [0.717, 1.165) is 16.7 Å². The molecule has 1 aromatic carbocycles. The topological polar surface area (TPSA) is 82.1 Å². The number of carbonyl (C=O) groups excluding carboxylic acids is 3. The molecule has 1 fully saturated rings. The summed E-state index contributed by atoms with van der Waals surface area (Å²) in [5, 5.41) is -0.512. The second-order valence-corrected chi connectivity index (χ2v) is 6.89. The molecular weight excluding hydrogens is 426 g/mol. The fourth-order valence-corrected chi connectivity index (χ4v) is 3.61. The number of ether oxygens (including phenoxy) is 3. The molecule has 0 radical (unpaired) electrons. The van der Waals surface area contributed by atoms with Crippen molar-refractivity contribution in [3.05, 3.63) is 27.1 Å². The van der Waals surface area contributed by atoms with Crippen LogP contribution in [0.2, 0.25) is 0 Å². The van der Waals surface area contributed by atoms with Gasteiger partial charge in [-0.15, -0.1) is 0 Å². The summed E-state index contributed by atoms with van der Waals surface area (Å²) in [7, 11) is 1.20. The highest BCUT2D eigenvalue weighted by molar-refractivity contribution is 9.10. The molecule has 0 atom stereocenters. The molecule has 0 bridgehead atoms. The Bertz CT molecular complexity index is 764. The number of hydrogen-bond acceptors (Lipinski definition) is 7. The number of imide groups is 1. The lowest BCUT2D eigenvalue weighted by molar-refractivity contribution is -0.143. The summed E-state index contributed by atoms with van der Waals surface area (Å²) in [6.45, 7) is 4.24. The average molecular weight is 444 g/mol. The lowest BCUT2D eigenvalue weighted by Crippen LogP contribution is -2.34. The van der Waals surface area contributed by atoms with Crippen LogP contribution < -0.4 is 9.47 Å². The van der Waals surface area contributed by atoms with Gasteiger partial charge in [0.1, 0.15) is 6.54 Å². The zero-order chi connectivity index (χ0) is 19.3. The van der Waals surface area contributed by atoms with Crippen LogP contribution in [-0.2, 0) is 14.3 Å². The molecule has 0 spiro atoms. The van der Waals surface area contributed by atoms with E-state index >= 15 is 0 Å². The second kappa shape index (κ2) is 9.09. The van der Waals surface area contributed by atoms with Crippen LogP contribution in [0, 0.1) is 0 Å². The van der Waals surface area contributed by atoms with E-state index in [2.05, 4.69) is 20.7 Å². The Morgan fingerprint density at radius 1 is 1.23 bits per heavy atom. The van der Waals surface area contributed by atoms with Crippen LogP contribution >= 0.6 is 27.7 Å². The number of rotatable bonds is 7. The van der Waals surface area contributed by atoms with Crippen molar-refractivity contribution in [3.63, 3.8) is 0 Å². The van der Waals surface area contributed by atoms with Crippen LogP contribution in [-0.4, -0.2) is 48.9 Å². The number of esters is 1. The third-order valence-corrected chi connectivity index (χ3v) is 4.80. The Labute approximate surface area is 163 Å². The van der Waals surface area contributed by atoms with E-state index in [-0.39, 0.29) is 4.91 Å². The summed E-state index contributed by atoms with van der Waals surface area (Å²) in [5.74, 6) is -0.0848. The quantitative estimate of drug-likeness (QED) is 0.471. The molecule has 2 amide bonds. The molecule has 0 unspecified atom stereocenters. The predicted octanol–water partition coefficient (Wildman–Crippen LogP) is 3.46. The van der Waals surface area contributed by atoms with Crippen LogP contribution in [0.4, 0.5) is 4.79 Å². The van der Waals surface area contributed by atoms with Crippen LogP contribution in [0.25, 0.3) is 6.08 Å². The number of amides is 2. The maximum absolute atomic E-state index is 12.4. The summed E-state index contributed by atoms with van der Waals surface area (Å²) in [6.07, 6.45) is 1.57. The van der Waals surface area contributed by atoms with E-state index in [0.29, 0.717) is 34.7 Å². The van der Waals surface area contributed by atoms with Gasteiger partial charge in [-0.05, 0) is 65.3 Å². The van der Waals surface area contributed by atoms with Crippen molar-refractivity contribution >= 4 is 50.9 Å². The summed E-state index contributed by atoms with van der Waals surface area (Å²) in [4.78, 5) is 36.8. The molecular formula is C17H18BrNO6S. The molecule has 9 heteroatoms. The van der Waals surface area contributed by atoms with Gasteiger partial charge in [0.25, 0.3) is 11.1 Å². The highest BCUT2D eigenvalue weighted by Gasteiger charge is 2.36. The first-order valence-electron chi connectivity index (χ1n) is 7.82. The molecule has 1 aromatic rings. The highest BCUT2D eigenvalue weighted by Crippen LogP contribution is 2.39. The third kappa shape index (κ3) is 4.59. The van der Waals surface area contributed by atoms with Crippen LogP contribution in [0.3, 0.4) is 0 Å². The van der Waals surface area contributed by atoms with Gasteiger partial charge < -0.3 is 14.2 Å². The molecule has 7 nitrogen and oxygen atoms in total. The predicted molar refractivity (Wildman–Crippen MR) is 101 cm³/mol. The van der Waals surface area contributed by atoms with Crippen LogP contribution in [0.1, 0.15) is 19.4 Å². The van der Waals surface area contributed by atoms with Crippen molar-refractivity contribution < 1.29 is 28.6 Å². The number of halogens is 1. The number of benzene rings is 1. The second-order valence-electron chi connectivity index (χ2n) is 5.04. The molecule has 1 saturated heterocycles. The summed E-state index contributed by atoms with van der Waals surface area (Å²) in [6, 6.07) is 3.50. The fraction of sp³-hybridized carbons (Fsp3) is 0.353. The van der Waals surface area contributed by atoms with Crippen molar-refractivity contribution in [1.29, 1.82) is 0 Å². The first-order chi connectivity index (χ1) is 12.4. The minimum absolute atomic E-state index is 0.220. The van der Waals surface area contributed by atoms with E-state index in [9.17, 15) is 14.4 Å². The van der Waals surface area contributed by atoms with E-state index in [1.54, 1.807) is 18.2 Å². The summed E-state index contributed by atoms with van der Waals surface area (Å²) >= 11 is 4.21. The molecule has 0 N–H and O–H groups in total. The van der Waals surface area contributed by atoms with E-state index in [1.807, 2.05) is 13.8 Å². The molecule has 1 aliphatic heterocycles. The van der Waals surface area contributed by atoms with Crippen molar-refractivity contribution in [2.24, 2.45) is 0 Å². The molecule has 0 saturated carbocycles. The van der Waals surface area contributed by atoms with Crippen molar-refractivity contribution in [2.75, 3.05) is 26.9 Å². The minimum atomic E-state index is -0.656. The largest absolute Gasteiger partial charge is 0.490 e. The SMILES string of the molecule is CCOc1cc(/C=C2/SC(=O)N(CC(=O)OC)C2=O)cc(Br)c1OCC. The first kappa shape index (κ1) is 20.3. The Morgan fingerprint density at radius 3 is 2.54 bits per heavy atom. The monoisotopic (exact) mass is 443 g/mol. The number of carbonyl (C=O) groups is 3. The minimum Gasteiger partial charge on any atom is -0.490 e. The van der Waals surface area contributed by atoms with Crippen LogP contribution in [0.15, 0.2) is 21.5 Å². The standard InChI is InChI=1S/C17H18BrNO6S/c1-4-24-12-7-10(6-11(18)15(12)25-5-2)8-13-16(21)19(17(22)26-13)9-14(20)23-3/h6-8H,4-5,9H2,1-3H3/b13-8+. The van der Waals surface area contributed by atoms with Gasteiger partial charge in [0.15, 0.2) is 11.5 Å². The Balaban J connectivity index is 2.33. The lowest BCUT2D eigenvalue weighted by Gasteiger charge is -2.13. The Hall–Kier alpha value is -2.00. The number of nitrogens with zero attached hydrogens (tertiary/aromatic N) is 1. The summed E-state index contributed by atoms with van der Waals surface area (Å²) in [5.41, 5.74) is 0.660. The third-order valence-electron chi connectivity index (χ3n) is 3.31. The van der Waals surface area contributed by atoms with E-state index in [1.165, 1.54) is 7.11 Å². The van der Waals surface area contributed by atoms with Crippen molar-refractivity contribution in [3.8, 4) is 11.5 Å². The zero-order valence-electron chi connectivity index (χ0n) is 14.5. The van der Waals surface area contributed by atoms with Gasteiger partial charge in [-0.25, -0.2) is 0 Å². The Kier molecular flexibility index (Phi) is 7.10. The van der Waals surface area contributed by atoms with Crippen molar-refractivity contribution in [2.45, 2.75) is 13.8 Å². The molecule has 0 aliphatic carbocycles. The van der Waals surface area contributed by atoms with Gasteiger partial charge in [0.05, 0.1) is 29.7 Å². The Morgan fingerprint density at radius 2 is 1.92 bits per heavy atom. The molecule has 140 valence electrons. The molecule has 0 aromatic heterocycles. The van der Waals surface area contributed by atoms with Gasteiger partial charge in [0, 0.05) is 0 Å². The number of methoxy groups -OCH3 is 1. The van der Waals surface area contributed by atoms with E-state index < -0.39 is 23.7 Å². The highest BCUT2D eigenvalue weighted by atomic mass is 79.9. The van der Waals surface area contributed by atoms with Gasteiger partial charge in [-0.2, -0.15) is 0 Å². The molecule has 1 heterocycles. The smallest absolute Gasteiger partial charge is 0.325 e. The molecule has 26 heavy (non-hydrogen) atoms. The van der Waals surface area contributed by atoms with Gasteiger partial charge in [-0.3, -0.25) is 19.3 Å². The normalized spacial score (nSPS) is 15.5. The van der Waals surface area contributed by atoms with Crippen LogP contribution in [0.5, 0.6) is 11.5 Å². The van der Waals surface area contributed by atoms with Gasteiger partial charge >= 0.3 is 5.97 Å². The van der Waals surface area contributed by atoms with Gasteiger partial charge in [-0.1, -0.05) is 0 Å². The maximum atomic E-state index is 12.4. The summed E-state index contributed by atoms with van der Waals surface area (Å²) < 4.78 is 16.4. The average Bonchev–Trinajstić information content (AvgIpc) is 2.85.